The van der Waals surface area contributed by atoms with Crippen molar-refractivity contribution < 1.29 is 14.4 Å². The van der Waals surface area contributed by atoms with E-state index in [0.29, 0.717) is 21.6 Å². The van der Waals surface area contributed by atoms with Gasteiger partial charge in [0, 0.05) is 27.5 Å². The number of halogens is 2. The Bertz CT molecular complexity index is 985. The summed E-state index contributed by atoms with van der Waals surface area (Å²) >= 11 is 13.6. The number of hydrogen-bond donors (Lipinski definition) is 1. The van der Waals surface area contributed by atoms with Gasteiger partial charge in [0.15, 0.2) is 5.13 Å². The molecule has 9 heteroatoms. The minimum absolute atomic E-state index is 0.220. The van der Waals surface area contributed by atoms with Crippen molar-refractivity contribution in [1.82, 2.24) is 9.88 Å². The van der Waals surface area contributed by atoms with Crippen molar-refractivity contribution in [2.75, 3.05) is 5.32 Å². The second kappa shape index (κ2) is 8.65. The molecule has 2 aliphatic rings. The van der Waals surface area contributed by atoms with Gasteiger partial charge in [0.1, 0.15) is 6.04 Å². The molecule has 1 aliphatic carbocycles. The summed E-state index contributed by atoms with van der Waals surface area (Å²) in [5.74, 6) is -1.39. The van der Waals surface area contributed by atoms with Gasteiger partial charge in [-0.25, -0.2) is 4.98 Å². The van der Waals surface area contributed by atoms with Crippen LogP contribution >= 0.6 is 34.5 Å². The van der Waals surface area contributed by atoms with E-state index in [9.17, 15) is 14.4 Å². The average Bonchev–Trinajstić information content (AvgIpc) is 3.26. The lowest BCUT2D eigenvalue weighted by Gasteiger charge is -2.21. The molecule has 158 valence electrons. The molecule has 1 aromatic heterocycles. The number of nitrogens with one attached hydrogen (secondary N) is 1. The number of anilines is 1. The lowest BCUT2D eigenvalue weighted by molar-refractivity contribution is -0.146. The summed E-state index contributed by atoms with van der Waals surface area (Å²) in [6.45, 7) is 1.59. The molecule has 3 unspecified atom stereocenters. The molecule has 1 saturated carbocycles. The number of carbonyl (C=O) groups is 3. The number of thiazole rings is 1. The zero-order valence-electron chi connectivity index (χ0n) is 16.4. The van der Waals surface area contributed by atoms with Gasteiger partial charge in [0.05, 0.1) is 11.8 Å². The zero-order chi connectivity index (χ0) is 21.4. The van der Waals surface area contributed by atoms with Gasteiger partial charge in [-0.2, -0.15) is 0 Å². The summed E-state index contributed by atoms with van der Waals surface area (Å²) in [5, 5.41) is 4.36. The highest BCUT2D eigenvalue weighted by Crippen LogP contribution is 2.39. The largest absolute Gasteiger partial charge is 0.300 e. The minimum atomic E-state index is -0.870. The summed E-state index contributed by atoms with van der Waals surface area (Å²) in [4.78, 5) is 44.4. The Hall–Kier alpha value is -1.96. The molecule has 1 aromatic carbocycles. The monoisotopic (exact) mass is 465 g/mol. The van der Waals surface area contributed by atoms with E-state index in [1.54, 1.807) is 31.3 Å². The molecule has 2 aromatic rings. The van der Waals surface area contributed by atoms with Crippen LogP contribution in [0.1, 0.15) is 43.0 Å². The molecule has 4 rings (SSSR count). The van der Waals surface area contributed by atoms with Gasteiger partial charge in [-0.3, -0.25) is 19.3 Å². The number of imide groups is 1. The van der Waals surface area contributed by atoms with Crippen molar-refractivity contribution in [2.45, 2.75) is 45.1 Å². The number of rotatable bonds is 5. The molecule has 6 nitrogen and oxygen atoms in total. The first kappa shape index (κ1) is 21.3. The van der Waals surface area contributed by atoms with Crippen LogP contribution in [-0.4, -0.2) is 33.6 Å². The van der Waals surface area contributed by atoms with E-state index in [-0.39, 0.29) is 23.7 Å². The predicted molar refractivity (Wildman–Crippen MR) is 117 cm³/mol. The second-order valence-corrected chi connectivity index (χ2v) is 9.71. The fraction of sp³-hybridized carbons (Fsp3) is 0.429. The molecule has 30 heavy (non-hydrogen) atoms. The molecule has 1 saturated heterocycles. The molecule has 2 heterocycles. The van der Waals surface area contributed by atoms with Crippen LogP contribution in [0.15, 0.2) is 24.4 Å². The molecule has 1 aliphatic heterocycles. The molecule has 0 radical (unpaired) electrons. The normalized spacial score (nSPS) is 22.2. The van der Waals surface area contributed by atoms with E-state index in [2.05, 4.69) is 10.3 Å². The Kier molecular flexibility index (Phi) is 6.14. The van der Waals surface area contributed by atoms with Crippen molar-refractivity contribution >= 4 is 57.4 Å². The van der Waals surface area contributed by atoms with Gasteiger partial charge in [0.25, 0.3) is 0 Å². The summed E-state index contributed by atoms with van der Waals surface area (Å²) in [6, 6.07) is 4.40. The van der Waals surface area contributed by atoms with E-state index in [1.807, 2.05) is 0 Å². The van der Waals surface area contributed by atoms with Crippen LogP contribution in [0.25, 0.3) is 0 Å². The third-order valence-electron chi connectivity index (χ3n) is 5.80. The number of carbonyl (C=O) groups excluding carboxylic acids is 3. The van der Waals surface area contributed by atoms with Crippen molar-refractivity contribution in [3.63, 3.8) is 0 Å². The van der Waals surface area contributed by atoms with Gasteiger partial charge >= 0.3 is 0 Å². The van der Waals surface area contributed by atoms with E-state index >= 15 is 0 Å². The molecule has 1 N–H and O–H groups in total. The van der Waals surface area contributed by atoms with Gasteiger partial charge in [-0.1, -0.05) is 36.0 Å². The molecular formula is C21H21Cl2N3O3S. The number of amides is 3. The lowest BCUT2D eigenvalue weighted by atomic mass is 9.81. The lowest BCUT2D eigenvalue weighted by Crippen LogP contribution is -2.46. The molecule has 3 amide bonds. The number of nitrogens with zero attached hydrogens (tertiary/aromatic N) is 2. The van der Waals surface area contributed by atoms with Crippen molar-refractivity contribution in [2.24, 2.45) is 11.8 Å². The highest BCUT2D eigenvalue weighted by molar-refractivity contribution is 7.15. The number of fused-ring (bicyclic) bond motifs is 1. The van der Waals surface area contributed by atoms with Crippen LogP contribution in [0.5, 0.6) is 0 Å². The van der Waals surface area contributed by atoms with Crippen LogP contribution in [0.2, 0.25) is 10.0 Å². The van der Waals surface area contributed by atoms with Crippen molar-refractivity contribution in [3.05, 3.63) is 44.9 Å². The first-order valence-electron chi connectivity index (χ1n) is 9.91. The number of benzene rings is 1. The Morgan fingerprint density at radius 2 is 1.90 bits per heavy atom. The first-order valence-corrected chi connectivity index (χ1v) is 11.5. The highest BCUT2D eigenvalue weighted by Gasteiger charge is 2.50. The Labute approximate surface area is 188 Å². The van der Waals surface area contributed by atoms with Gasteiger partial charge in [-0.15, -0.1) is 11.3 Å². The number of hydrogen-bond acceptors (Lipinski definition) is 5. The fourth-order valence-corrected chi connectivity index (χ4v) is 5.43. The fourth-order valence-electron chi connectivity index (χ4n) is 4.21. The summed E-state index contributed by atoms with van der Waals surface area (Å²) in [6.07, 6.45) is 5.56. The van der Waals surface area contributed by atoms with E-state index in [0.717, 1.165) is 41.0 Å². The predicted octanol–water partition coefficient (Wildman–Crippen LogP) is 4.54. The SMILES string of the molecule is CC(C(=O)Nc1ncc(Cc2cc(Cl)ccc2Cl)s1)N1C(=O)C2CCCCC2C1=O. The quantitative estimate of drug-likeness (QED) is 0.657. The number of likely N-dealkylation sites (tertiary alicyclic amines) is 1. The van der Waals surface area contributed by atoms with Crippen LogP contribution in [-0.2, 0) is 20.8 Å². The molecule has 2 fully saturated rings. The van der Waals surface area contributed by atoms with Crippen LogP contribution < -0.4 is 5.32 Å². The third kappa shape index (κ3) is 4.11. The Balaban J connectivity index is 1.42. The zero-order valence-corrected chi connectivity index (χ0v) is 18.7. The molecule has 0 bridgehead atoms. The summed E-state index contributed by atoms with van der Waals surface area (Å²) in [7, 11) is 0. The van der Waals surface area contributed by atoms with Crippen LogP contribution in [0, 0.1) is 11.8 Å². The molecule has 3 atom stereocenters. The van der Waals surface area contributed by atoms with Gasteiger partial charge < -0.3 is 5.32 Å². The average molecular weight is 466 g/mol. The Morgan fingerprint density at radius 1 is 1.23 bits per heavy atom. The standard InChI is InChI=1S/C21H21Cl2N3O3S/c1-11(26-19(28)15-4-2-3-5-16(15)20(26)29)18(27)25-21-24-10-14(30-21)9-12-8-13(22)6-7-17(12)23/h6-8,10-11,15-16H,2-5,9H2,1H3,(H,24,25,27). The molecular weight excluding hydrogens is 445 g/mol. The highest BCUT2D eigenvalue weighted by atomic mass is 35.5. The second-order valence-electron chi connectivity index (χ2n) is 7.75. The maximum atomic E-state index is 12.7. The van der Waals surface area contributed by atoms with Crippen LogP contribution in [0.3, 0.4) is 0 Å². The van der Waals surface area contributed by atoms with Crippen molar-refractivity contribution in [1.29, 1.82) is 0 Å². The van der Waals surface area contributed by atoms with Gasteiger partial charge in [-0.05, 0) is 43.5 Å². The summed E-state index contributed by atoms with van der Waals surface area (Å²) < 4.78 is 0. The summed E-state index contributed by atoms with van der Waals surface area (Å²) in [5.41, 5.74) is 0.870. The van der Waals surface area contributed by atoms with Crippen LogP contribution in [0.4, 0.5) is 5.13 Å². The smallest absolute Gasteiger partial charge is 0.249 e. The van der Waals surface area contributed by atoms with E-state index < -0.39 is 11.9 Å². The Morgan fingerprint density at radius 3 is 2.57 bits per heavy atom. The van der Waals surface area contributed by atoms with Crippen molar-refractivity contribution in [3.8, 4) is 0 Å². The van der Waals surface area contributed by atoms with Gasteiger partial charge in [0.2, 0.25) is 17.7 Å². The maximum Gasteiger partial charge on any atom is 0.249 e. The van der Waals surface area contributed by atoms with E-state index in [4.69, 9.17) is 23.2 Å². The first-order chi connectivity index (χ1) is 14.3. The number of aromatic nitrogens is 1. The molecule has 0 spiro atoms. The topological polar surface area (TPSA) is 79.4 Å². The third-order valence-corrected chi connectivity index (χ3v) is 7.31. The minimum Gasteiger partial charge on any atom is -0.300 e. The van der Waals surface area contributed by atoms with E-state index in [1.165, 1.54) is 11.3 Å². The maximum absolute atomic E-state index is 12.7.